The minimum atomic E-state index is 0.105. The molecule has 1 rings (SSSR count). The molecular formula is C11H11ClO2. The highest BCUT2D eigenvalue weighted by molar-refractivity contribution is 6.30. The van der Waals surface area contributed by atoms with Crippen molar-refractivity contribution < 1.29 is 9.90 Å². The van der Waals surface area contributed by atoms with Crippen LogP contribution >= 0.6 is 11.6 Å². The normalized spacial score (nSPS) is 10.7. The number of hydrogen-bond donors (Lipinski definition) is 1. The van der Waals surface area contributed by atoms with Crippen molar-refractivity contribution in [2.45, 2.75) is 6.42 Å². The molecule has 0 radical (unpaired) electrons. The minimum Gasteiger partial charge on any atom is -0.396 e. The van der Waals surface area contributed by atoms with E-state index in [9.17, 15) is 4.79 Å². The summed E-state index contributed by atoms with van der Waals surface area (Å²) in [5, 5.41) is 9.18. The van der Waals surface area contributed by atoms with Crippen LogP contribution < -0.4 is 0 Å². The zero-order chi connectivity index (χ0) is 10.4. The van der Waals surface area contributed by atoms with Crippen LogP contribution in [0.1, 0.15) is 22.3 Å². The zero-order valence-electron chi connectivity index (χ0n) is 7.61. The van der Waals surface area contributed by atoms with Crippen molar-refractivity contribution in [2.75, 3.05) is 6.61 Å². The van der Waals surface area contributed by atoms with E-state index < -0.39 is 0 Å². The van der Waals surface area contributed by atoms with Crippen molar-refractivity contribution in [3.05, 3.63) is 40.4 Å². The third-order valence-electron chi connectivity index (χ3n) is 1.77. The second-order valence-corrected chi connectivity index (χ2v) is 3.24. The molecule has 1 N–H and O–H groups in total. The first kappa shape index (κ1) is 11.0. The third kappa shape index (κ3) is 2.98. The molecule has 1 aromatic carbocycles. The van der Waals surface area contributed by atoms with Gasteiger partial charge in [0.05, 0.1) is 0 Å². The Kier molecular flexibility index (Phi) is 4.36. The topological polar surface area (TPSA) is 37.3 Å². The molecule has 0 fully saturated rings. The van der Waals surface area contributed by atoms with Crippen LogP contribution in [0.15, 0.2) is 24.3 Å². The molecule has 0 amide bonds. The van der Waals surface area contributed by atoms with Crippen molar-refractivity contribution in [1.82, 2.24) is 0 Å². The Balaban J connectivity index is 2.92. The summed E-state index contributed by atoms with van der Waals surface area (Å²) in [6.07, 6.45) is 4.95. The van der Waals surface area contributed by atoms with Gasteiger partial charge in [0.2, 0.25) is 0 Å². The van der Waals surface area contributed by atoms with Crippen LogP contribution in [-0.4, -0.2) is 18.0 Å². The largest absolute Gasteiger partial charge is 0.396 e. The number of benzene rings is 1. The fourth-order valence-corrected chi connectivity index (χ4v) is 1.26. The van der Waals surface area contributed by atoms with E-state index >= 15 is 0 Å². The molecule has 0 saturated heterocycles. The Morgan fingerprint density at radius 1 is 1.36 bits per heavy atom. The highest BCUT2D eigenvalue weighted by Crippen LogP contribution is 2.16. The molecule has 0 unspecified atom stereocenters. The number of aliphatic hydroxyl groups is 1. The lowest BCUT2D eigenvalue weighted by Gasteiger charge is -1.99. The Morgan fingerprint density at radius 2 is 2.14 bits per heavy atom. The first-order chi connectivity index (χ1) is 6.77. The van der Waals surface area contributed by atoms with Crippen molar-refractivity contribution in [1.29, 1.82) is 0 Å². The molecule has 0 saturated carbocycles. The van der Waals surface area contributed by atoms with Gasteiger partial charge in [0.15, 0.2) is 6.29 Å². The number of aldehydes is 1. The lowest BCUT2D eigenvalue weighted by Crippen LogP contribution is -1.85. The summed E-state index contributed by atoms with van der Waals surface area (Å²) in [5.41, 5.74) is 1.38. The summed E-state index contributed by atoms with van der Waals surface area (Å²) >= 11 is 5.79. The lowest BCUT2D eigenvalue weighted by atomic mass is 10.1. The summed E-state index contributed by atoms with van der Waals surface area (Å²) in [4.78, 5) is 10.6. The van der Waals surface area contributed by atoms with Gasteiger partial charge in [-0.3, -0.25) is 4.79 Å². The molecule has 1 aromatic rings. The van der Waals surface area contributed by atoms with Gasteiger partial charge in [0, 0.05) is 17.2 Å². The molecule has 0 aliphatic rings. The molecule has 0 aliphatic carbocycles. The molecule has 0 spiro atoms. The highest BCUT2D eigenvalue weighted by Gasteiger charge is 1.98. The first-order valence-electron chi connectivity index (χ1n) is 4.30. The quantitative estimate of drug-likeness (QED) is 0.776. The Morgan fingerprint density at radius 3 is 2.79 bits per heavy atom. The first-order valence-corrected chi connectivity index (χ1v) is 4.68. The number of carbonyl (C=O) groups excluding carboxylic acids is 1. The summed E-state index contributed by atoms with van der Waals surface area (Å²) in [6, 6.07) is 5.07. The molecule has 0 aliphatic heterocycles. The molecule has 2 nitrogen and oxygen atoms in total. The summed E-state index contributed by atoms with van der Waals surface area (Å²) in [7, 11) is 0. The molecule has 74 valence electrons. The molecule has 0 atom stereocenters. The van der Waals surface area contributed by atoms with Gasteiger partial charge >= 0.3 is 0 Å². The third-order valence-corrected chi connectivity index (χ3v) is 2.00. The molecule has 0 aromatic heterocycles. The van der Waals surface area contributed by atoms with E-state index in [-0.39, 0.29) is 6.61 Å². The van der Waals surface area contributed by atoms with Crippen molar-refractivity contribution in [3.63, 3.8) is 0 Å². The van der Waals surface area contributed by atoms with Gasteiger partial charge in [-0.05, 0) is 30.2 Å². The molecule has 0 heterocycles. The van der Waals surface area contributed by atoms with E-state index in [0.29, 0.717) is 17.0 Å². The summed E-state index contributed by atoms with van der Waals surface area (Å²) in [6.45, 7) is 0.105. The maximum atomic E-state index is 10.6. The van der Waals surface area contributed by atoms with E-state index in [1.807, 2.05) is 0 Å². The van der Waals surface area contributed by atoms with Crippen LogP contribution in [0, 0.1) is 0 Å². The number of rotatable bonds is 4. The van der Waals surface area contributed by atoms with Crippen LogP contribution in [0.5, 0.6) is 0 Å². The predicted octanol–water partition coefficient (Wildman–Crippen LogP) is 2.55. The second-order valence-electron chi connectivity index (χ2n) is 2.81. The van der Waals surface area contributed by atoms with Crippen molar-refractivity contribution in [2.24, 2.45) is 0 Å². The summed E-state index contributed by atoms with van der Waals surface area (Å²) in [5.74, 6) is 0. The van der Waals surface area contributed by atoms with Gasteiger partial charge in [-0.15, -0.1) is 0 Å². The molecular weight excluding hydrogens is 200 g/mol. The van der Waals surface area contributed by atoms with Gasteiger partial charge in [0.1, 0.15) is 0 Å². The molecule has 0 bridgehead atoms. The van der Waals surface area contributed by atoms with E-state index in [0.717, 1.165) is 11.8 Å². The van der Waals surface area contributed by atoms with Crippen LogP contribution in [0.3, 0.4) is 0 Å². The predicted molar refractivity (Wildman–Crippen MR) is 57.6 cm³/mol. The average molecular weight is 211 g/mol. The fourth-order valence-electron chi connectivity index (χ4n) is 1.08. The highest BCUT2D eigenvalue weighted by atomic mass is 35.5. The van der Waals surface area contributed by atoms with Crippen LogP contribution in [-0.2, 0) is 0 Å². The van der Waals surface area contributed by atoms with Gasteiger partial charge in [-0.2, -0.15) is 0 Å². The smallest absolute Gasteiger partial charge is 0.150 e. The van der Waals surface area contributed by atoms with Crippen molar-refractivity contribution in [3.8, 4) is 0 Å². The van der Waals surface area contributed by atoms with Gasteiger partial charge in [0.25, 0.3) is 0 Å². The monoisotopic (exact) mass is 210 g/mol. The van der Waals surface area contributed by atoms with E-state index in [4.69, 9.17) is 16.7 Å². The number of halogens is 1. The van der Waals surface area contributed by atoms with E-state index in [1.54, 1.807) is 30.4 Å². The molecule has 3 heteroatoms. The van der Waals surface area contributed by atoms with Crippen LogP contribution in [0.2, 0.25) is 5.02 Å². The van der Waals surface area contributed by atoms with Gasteiger partial charge in [-0.25, -0.2) is 0 Å². The lowest BCUT2D eigenvalue weighted by molar-refractivity contribution is 0.112. The number of hydrogen-bond acceptors (Lipinski definition) is 2. The summed E-state index contributed by atoms with van der Waals surface area (Å²) < 4.78 is 0. The second kappa shape index (κ2) is 5.58. The minimum absolute atomic E-state index is 0.105. The van der Waals surface area contributed by atoms with Crippen LogP contribution in [0.4, 0.5) is 0 Å². The molecule has 14 heavy (non-hydrogen) atoms. The van der Waals surface area contributed by atoms with Gasteiger partial charge in [-0.1, -0.05) is 23.8 Å². The number of carbonyl (C=O) groups is 1. The fraction of sp³-hybridized carbons (Fsp3) is 0.182. The Labute approximate surface area is 87.8 Å². The Hall–Kier alpha value is -1.12. The van der Waals surface area contributed by atoms with Gasteiger partial charge < -0.3 is 5.11 Å². The maximum Gasteiger partial charge on any atom is 0.150 e. The zero-order valence-corrected chi connectivity index (χ0v) is 8.37. The standard InChI is InChI=1S/C11H11ClO2/c12-11-5-4-10(8-14)9(7-11)3-1-2-6-13/h1,3-5,7-8,13H,2,6H2. The van der Waals surface area contributed by atoms with Crippen LogP contribution in [0.25, 0.3) is 6.08 Å². The average Bonchev–Trinajstić information content (AvgIpc) is 2.19. The van der Waals surface area contributed by atoms with E-state index in [2.05, 4.69) is 0 Å². The Bertz CT molecular complexity index is 345. The SMILES string of the molecule is O=Cc1ccc(Cl)cc1C=CCCO. The van der Waals surface area contributed by atoms with E-state index in [1.165, 1.54) is 0 Å². The van der Waals surface area contributed by atoms with Crippen molar-refractivity contribution >= 4 is 24.0 Å². The number of aliphatic hydroxyl groups excluding tert-OH is 1. The maximum absolute atomic E-state index is 10.6.